The second-order valence-electron chi connectivity index (χ2n) is 8.98. The third-order valence-corrected chi connectivity index (χ3v) is 6.84. The molecule has 0 aromatic heterocycles. The highest BCUT2D eigenvalue weighted by molar-refractivity contribution is 6.08. The summed E-state index contributed by atoms with van der Waals surface area (Å²) < 4.78 is 10.4. The molecule has 31 heavy (non-hydrogen) atoms. The summed E-state index contributed by atoms with van der Waals surface area (Å²) in [6, 6.07) is 5.86. The highest BCUT2D eigenvalue weighted by Gasteiger charge is 2.62. The largest absolute Gasteiger partial charge is 0.495 e. The van der Waals surface area contributed by atoms with Gasteiger partial charge >= 0.3 is 5.97 Å². The van der Waals surface area contributed by atoms with Crippen molar-refractivity contribution in [3.05, 3.63) is 24.3 Å². The number of likely N-dealkylation sites (tertiary alicyclic amines) is 1. The molecule has 1 aliphatic heterocycles. The van der Waals surface area contributed by atoms with Crippen molar-refractivity contribution in [3.8, 4) is 5.75 Å². The van der Waals surface area contributed by atoms with E-state index in [0.29, 0.717) is 11.4 Å². The second kappa shape index (κ2) is 8.32. The van der Waals surface area contributed by atoms with Crippen LogP contribution in [0.25, 0.3) is 0 Å². The van der Waals surface area contributed by atoms with Crippen molar-refractivity contribution in [1.29, 1.82) is 0 Å². The molecule has 1 aromatic carbocycles. The van der Waals surface area contributed by atoms with E-state index in [1.54, 1.807) is 38.1 Å². The standard InChI is InChI=1S/C23H28N2O6/c1-12(2)20(25-21(27)18-13-8-9-14(10-13)19(18)22(25)28)23(29)31-11-17(26)24-15-6-4-5-7-16(15)30-3/h4-7,12-14,18-20H,8-11H2,1-3H3,(H,24,26)/t13-,14-,18+,19+,20-/m0/s1. The predicted octanol–water partition coefficient (Wildman–Crippen LogP) is 2.23. The van der Waals surface area contributed by atoms with Crippen LogP contribution >= 0.6 is 0 Å². The molecule has 5 atom stereocenters. The van der Waals surface area contributed by atoms with Gasteiger partial charge in [-0.3, -0.25) is 19.3 Å². The summed E-state index contributed by atoms with van der Waals surface area (Å²) in [4.78, 5) is 52.5. The molecule has 4 rings (SSSR count). The molecule has 1 N–H and O–H groups in total. The Kier molecular flexibility index (Phi) is 5.73. The SMILES string of the molecule is COc1ccccc1NC(=O)COC(=O)[C@H](C(C)C)N1C(=O)[C@@H]2[C@H]3CC[C@@H](C3)[C@H]2C1=O. The number of rotatable bonds is 7. The molecule has 1 saturated heterocycles. The molecule has 1 aromatic rings. The van der Waals surface area contributed by atoms with Gasteiger partial charge in [-0.1, -0.05) is 26.0 Å². The van der Waals surface area contributed by atoms with E-state index in [0.717, 1.165) is 24.2 Å². The number of nitrogens with one attached hydrogen (secondary N) is 1. The highest BCUT2D eigenvalue weighted by atomic mass is 16.5. The number of nitrogens with zero attached hydrogens (tertiary/aromatic N) is 1. The van der Waals surface area contributed by atoms with Gasteiger partial charge < -0.3 is 14.8 Å². The number of para-hydroxylation sites is 2. The number of amides is 3. The Morgan fingerprint density at radius 3 is 2.29 bits per heavy atom. The molecule has 1 heterocycles. The zero-order valence-electron chi connectivity index (χ0n) is 18.0. The van der Waals surface area contributed by atoms with Crippen LogP contribution in [-0.2, 0) is 23.9 Å². The van der Waals surface area contributed by atoms with Crippen LogP contribution in [-0.4, -0.2) is 48.3 Å². The number of imide groups is 1. The van der Waals surface area contributed by atoms with Gasteiger partial charge in [0, 0.05) is 0 Å². The number of carbonyl (C=O) groups is 4. The van der Waals surface area contributed by atoms with E-state index in [1.165, 1.54) is 7.11 Å². The van der Waals surface area contributed by atoms with Gasteiger partial charge in [-0.15, -0.1) is 0 Å². The Morgan fingerprint density at radius 1 is 1.10 bits per heavy atom. The number of anilines is 1. The van der Waals surface area contributed by atoms with Crippen LogP contribution in [0, 0.1) is 29.6 Å². The molecule has 0 spiro atoms. The predicted molar refractivity (Wildman–Crippen MR) is 111 cm³/mol. The Morgan fingerprint density at radius 2 is 1.71 bits per heavy atom. The van der Waals surface area contributed by atoms with Gasteiger partial charge in [0.2, 0.25) is 11.8 Å². The normalized spacial score (nSPS) is 27.4. The van der Waals surface area contributed by atoms with Gasteiger partial charge in [0.05, 0.1) is 24.6 Å². The summed E-state index contributed by atoms with van der Waals surface area (Å²) in [5, 5.41) is 2.64. The first-order valence-electron chi connectivity index (χ1n) is 10.8. The number of hydrogen-bond donors (Lipinski definition) is 1. The van der Waals surface area contributed by atoms with Crippen LogP contribution in [0.4, 0.5) is 5.69 Å². The van der Waals surface area contributed by atoms with E-state index in [4.69, 9.17) is 9.47 Å². The Balaban J connectivity index is 1.42. The van der Waals surface area contributed by atoms with Crippen molar-refractivity contribution in [2.45, 2.75) is 39.2 Å². The Bertz CT molecular complexity index is 885. The van der Waals surface area contributed by atoms with Gasteiger partial charge in [-0.05, 0) is 49.1 Å². The van der Waals surface area contributed by atoms with Gasteiger partial charge in [0.15, 0.2) is 6.61 Å². The quantitative estimate of drug-likeness (QED) is 0.528. The summed E-state index contributed by atoms with van der Waals surface area (Å²) in [5.74, 6) is -1.73. The maximum Gasteiger partial charge on any atom is 0.330 e. The van der Waals surface area contributed by atoms with E-state index in [1.807, 2.05) is 0 Å². The molecule has 166 valence electrons. The molecule has 3 aliphatic rings. The lowest BCUT2D eigenvalue weighted by molar-refractivity contribution is -0.162. The number of ether oxygens (including phenoxy) is 2. The first kappa shape index (κ1) is 21.3. The van der Waals surface area contributed by atoms with Gasteiger partial charge in [-0.2, -0.15) is 0 Å². The fraction of sp³-hybridized carbons (Fsp3) is 0.565. The number of esters is 1. The van der Waals surface area contributed by atoms with Crippen LogP contribution in [0.3, 0.4) is 0 Å². The Labute approximate surface area is 181 Å². The molecular formula is C23H28N2O6. The minimum absolute atomic E-state index is 0.243. The van der Waals surface area contributed by atoms with Crippen LogP contribution in [0.15, 0.2) is 24.3 Å². The molecule has 2 bridgehead atoms. The van der Waals surface area contributed by atoms with Crippen LogP contribution in [0.5, 0.6) is 5.75 Å². The van der Waals surface area contributed by atoms with E-state index in [-0.39, 0.29) is 41.4 Å². The molecule has 8 heteroatoms. The summed E-state index contributed by atoms with van der Waals surface area (Å²) in [6.45, 7) is 3.02. The molecule has 0 unspecified atom stereocenters. The zero-order chi connectivity index (χ0) is 22.3. The van der Waals surface area contributed by atoms with E-state index in [2.05, 4.69) is 5.32 Å². The number of fused-ring (bicyclic) bond motifs is 5. The zero-order valence-corrected chi connectivity index (χ0v) is 18.0. The third-order valence-electron chi connectivity index (χ3n) is 6.84. The lowest BCUT2D eigenvalue weighted by Crippen LogP contribution is -2.50. The van der Waals surface area contributed by atoms with Gasteiger partial charge in [0.1, 0.15) is 11.8 Å². The van der Waals surface area contributed by atoms with E-state index >= 15 is 0 Å². The average molecular weight is 428 g/mol. The fourth-order valence-corrected chi connectivity index (χ4v) is 5.54. The molecule has 2 aliphatic carbocycles. The topological polar surface area (TPSA) is 102 Å². The Hall–Kier alpha value is -2.90. The molecule has 8 nitrogen and oxygen atoms in total. The van der Waals surface area contributed by atoms with E-state index < -0.39 is 24.5 Å². The summed E-state index contributed by atoms with van der Waals surface area (Å²) in [7, 11) is 1.49. The smallest absolute Gasteiger partial charge is 0.330 e. The fourth-order valence-electron chi connectivity index (χ4n) is 5.54. The molecular weight excluding hydrogens is 400 g/mol. The van der Waals surface area contributed by atoms with Crippen LogP contribution < -0.4 is 10.1 Å². The van der Waals surface area contributed by atoms with Crippen molar-refractivity contribution >= 4 is 29.4 Å². The first-order chi connectivity index (χ1) is 14.8. The van der Waals surface area contributed by atoms with Crippen molar-refractivity contribution < 1.29 is 28.7 Å². The molecule has 2 saturated carbocycles. The summed E-state index contributed by atoms with van der Waals surface area (Å²) in [5.41, 5.74) is 0.458. The van der Waals surface area contributed by atoms with Gasteiger partial charge in [-0.25, -0.2) is 4.79 Å². The number of carbonyl (C=O) groups excluding carboxylic acids is 4. The maximum absolute atomic E-state index is 13.1. The van der Waals surface area contributed by atoms with Crippen LogP contribution in [0.1, 0.15) is 33.1 Å². The first-order valence-corrected chi connectivity index (χ1v) is 10.8. The molecule has 3 amide bonds. The highest BCUT2D eigenvalue weighted by Crippen LogP contribution is 2.56. The monoisotopic (exact) mass is 428 g/mol. The van der Waals surface area contributed by atoms with E-state index in [9.17, 15) is 19.2 Å². The lowest BCUT2D eigenvalue weighted by atomic mass is 9.81. The minimum atomic E-state index is -1.02. The second-order valence-corrected chi connectivity index (χ2v) is 8.98. The number of methoxy groups -OCH3 is 1. The van der Waals surface area contributed by atoms with Gasteiger partial charge in [0.25, 0.3) is 5.91 Å². The molecule has 3 fully saturated rings. The summed E-state index contributed by atoms with van der Waals surface area (Å²) in [6.07, 6.45) is 2.87. The van der Waals surface area contributed by atoms with Crippen molar-refractivity contribution in [2.75, 3.05) is 19.0 Å². The number of benzene rings is 1. The minimum Gasteiger partial charge on any atom is -0.495 e. The lowest BCUT2D eigenvalue weighted by Gasteiger charge is -2.28. The van der Waals surface area contributed by atoms with Crippen molar-refractivity contribution in [2.24, 2.45) is 29.6 Å². The molecule has 0 radical (unpaired) electrons. The summed E-state index contributed by atoms with van der Waals surface area (Å²) >= 11 is 0. The van der Waals surface area contributed by atoms with Crippen LogP contribution in [0.2, 0.25) is 0 Å². The maximum atomic E-state index is 13.1. The number of hydrogen-bond acceptors (Lipinski definition) is 6. The van der Waals surface area contributed by atoms with Crippen molar-refractivity contribution in [1.82, 2.24) is 4.90 Å². The average Bonchev–Trinajstić information content (AvgIpc) is 3.42. The third kappa shape index (κ3) is 3.68. The van der Waals surface area contributed by atoms with Crippen molar-refractivity contribution in [3.63, 3.8) is 0 Å².